The molecule has 0 bridgehead atoms. The normalized spacial score (nSPS) is 12.6. The van der Waals surface area contributed by atoms with Gasteiger partial charge in [0, 0.05) is 31.5 Å². The van der Waals surface area contributed by atoms with Gasteiger partial charge in [0.2, 0.25) is 0 Å². The van der Waals surface area contributed by atoms with Gasteiger partial charge < -0.3 is 14.2 Å². The quantitative estimate of drug-likeness (QED) is 0.240. The van der Waals surface area contributed by atoms with Crippen LogP contribution in [0.3, 0.4) is 0 Å². The molecule has 2 heterocycles. The van der Waals surface area contributed by atoms with E-state index < -0.39 is 43.6 Å². The third-order valence-corrected chi connectivity index (χ3v) is 7.06. The third-order valence-electron chi connectivity index (χ3n) is 5.36. The molecule has 0 N–H and O–H groups in total. The van der Waals surface area contributed by atoms with E-state index in [0.29, 0.717) is 28.5 Å². The van der Waals surface area contributed by atoms with E-state index in [-0.39, 0.29) is 18.1 Å². The number of ether oxygens (including phenoxy) is 3. The summed E-state index contributed by atoms with van der Waals surface area (Å²) in [6.45, 7) is 20.8. The van der Waals surface area contributed by atoms with E-state index in [1.165, 1.54) is 12.1 Å². The molecular formula is C27H42F2N4O5Si. The van der Waals surface area contributed by atoms with Crippen molar-refractivity contribution in [1.82, 2.24) is 14.8 Å². The van der Waals surface area contributed by atoms with Gasteiger partial charge in [0.05, 0.1) is 5.69 Å². The fourth-order valence-corrected chi connectivity index (χ4v) is 4.34. The second kappa shape index (κ2) is 12.1. The molecule has 39 heavy (non-hydrogen) atoms. The molecule has 0 aliphatic heterocycles. The lowest BCUT2D eigenvalue weighted by Gasteiger charge is -2.28. The fraction of sp³-hybridized carbons (Fsp3) is 0.630. The van der Waals surface area contributed by atoms with Gasteiger partial charge in [-0.05, 0) is 73.6 Å². The van der Waals surface area contributed by atoms with E-state index in [1.54, 1.807) is 60.1 Å². The predicted octanol–water partition coefficient (Wildman–Crippen LogP) is 7.49. The van der Waals surface area contributed by atoms with Crippen molar-refractivity contribution in [2.75, 3.05) is 11.5 Å². The summed E-state index contributed by atoms with van der Waals surface area (Å²) in [4.78, 5) is 30.5. The standard InChI is InChI=1S/C27H42F2N4O5Si/c1-17-21(18(2)32(31-17)16-36-14-15-39(9,10)11)19-12-13-20(30-22(19)23(28)29)33(24(34)37-26(3,4)5)25(35)38-27(6,7)8/h12-13,23H,14-16H2,1-11H3. The first-order valence-corrected chi connectivity index (χ1v) is 16.6. The number of pyridine rings is 1. The average molecular weight is 569 g/mol. The number of aromatic nitrogens is 3. The van der Waals surface area contributed by atoms with Crippen LogP contribution in [0.4, 0.5) is 24.2 Å². The molecular weight excluding hydrogens is 526 g/mol. The summed E-state index contributed by atoms with van der Waals surface area (Å²) in [5.74, 6) is -0.338. The minimum Gasteiger partial charge on any atom is -0.443 e. The molecule has 0 fully saturated rings. The van der Waals surface area contributed by atoms with Gasteiger partial charge >= 0.3 is 12.2 Å². The maximum absolute atomic E-state index is 14.4. The van der Waals surface area contributed by atoms with Gasteiger partial charge in [0.15, 0.2) is 0 Å². The Morgan fingerprint density at radius 2 is 1.54 bits per heavy atom. The van der Waals surface area contributed by atoms with Crippen LogP contribution in [0.25, 0.3) is 11.1 Å². The molecule has 0 saturated carbocycles. The van der Waals surface area contributed by atoms with Gasteiger partial charge in [0.25, 0.3) is 6.43 Å². The van der Waals surface area contributed by atoms with Crippen molar-refractivity contribution in [2.45, 2.75) is 105 Å². The van der Waals surface area contributed by atoms with Crippen molar-refractivity contribution < 1.29 is 32.6 Å². The number of carbonyl (C=O) groups excluding carboxylic acids is 2. The number of hydrogen-bond acceptors (Lipinski definition) is 7. The van der Waals surface area contributed by atoms with E-state index in [2.05, 4.69) is 29.7 Å². The molecule has 0 aromatic carbocycles. The summed E-state index contributed by atoms with van der Waals surface area (Å²) in [6.07, 6.45) is -5.19. The monoisotopic (exact) mass is 568 g/mol. The number of carbonyl (C=O) groups is 2. The topological polar surface area (TPSA) is 95.8 Å². The van der Waals surface area contributed by atoms with E-state index in [4.69, 9.17) is 14.2 Å². The number of rotatable bonds is 8. The van der Waals surface area contributed by atoms with Crippen molar-refractivity contribution in [3.63, 3.8) is 0 Å². The number of amides is 2. The Bertz CT molecular complexity index is 1150. The van der Waals surface area contributed by atoms with E-state index in [9.17, 15) is 18.4 Å². The van der Waals surface area contributed by atoms with Gasteiger partial charge in [-0.3, -0.25) is 0 Å². The Hall–Kier alpha value is -2.86. The van der Waals surface area contributed by atoms with Crippen molar-refractivity contribution in [3.8, 4) is 11.1 Å². The summed E-state index contributed by atoms with van der Waals surface area (Å²) >= 11 is 0. The highest BCUT2D eigenvalue weighted by molar-refractivity contribution is 6.76. The SMILES string of the molecule is Cc1nn(COCC[Si](C)(C)C)c(C)c1-c1ccc(N(C(=O)OC(C)(C)C)C(=O)OC(C)(C)C)nc1C(F)F. The van der Waals surface area contributed by atoms with Gasteiger partial charge in [-0.2, -0.15) is 10.00 Å². The van der Waals surface area contributed by atoms with Gasteiger partial charge in [-0.1, -0.05) is 19.6 Å². The van der Waals surface area contributed by atoms with Crippen LogP contribution in [0.2, 0.25) is 25.7 Å². The summed E-state index contributed by atoms with van der Waals surface area (Å²) in [7, 11) is -1.26. The van der Waals surface area contributed by atoms with Crippen LogP contribution < -0.4 is 4.90 Å². The molecule has 9 nitrogen and oxygen atoms in total. The first-order chi connectivity index (χ1) is 17.7. The molecule has 0 aliphatic rings. The zero-order chi connectivity index (χ0) is 29.9. The minimum absolute atomic E-state index is 0.144. The molecule has 0 aliphatic carbocycles. The minimum atomic E-state index is -3.01. The van der Waals surface area contributed by atoms with Crippen molar-refractivity contribution in [2.24, 2.45) is 0 Å². The molecule has 2 rings (SSSR count). The zero-order valence-corrected chi connectivity index (χ0v) is 25.9. The van der Waals surface area contributed by atoms with Gasteiger partial charge in [-0.15, -0.1) is 0 Å². The number of nitrogens with zero attached hydrogens (tertiary/aromatic N) is 4. The van der Waals surface area contributed by atoms with Gasteiger partial charge in [-0.25, -0.2) is 28.0 Å². The summed E-state index contributed by atoms with van der Waals surface area (Å²) in [5, 5.41) is 4.49. The molecule has 0 unspecified atom stereocenters. The molecule has 0 spiro atoms. The van der Waals surface area contributed by atoms with E-state index >= 15 is 0 Å². The first-order valence-electron chi connectivity index (χ1n) is 12.9. The second-order valence-corrected chi connectivity index (χ2v) is 18.2. The number of alkyl halides is 2. The van der Waals surface area contributed by atoms with Gasteiger partial charge in [0.1, 0.15) is 29.4 Å². The highest BCUT2D eigenvalue weighted by atomic mass is 28.3. The van der Waals surface area contributed by atoms with Crippen LogP contribution in [0.5, 0.6) is 0 Å². The lowest BCUT2D eigenvalue weighted by atomic mass is 10.0. The van der Waals surface area contributed by atoms with E-state index in [1.807, 2.05) is 0 Å². The molecule has 0 radical (unpaired) electrons. The Labute approximate surface area is 230 Å². The first kappa shape index (κ1) is 32.3. The molecule has 2 aromatic heterocycles. The second-order valence-electron chi connectivity index (χ2n) is 12.6. The molecule has 12 heteroatoms. The molecule has 0 saturated heterocycles. The number of halogens is 2. The summed E-state index contributed by atoms with van der Waals surface area (Å²) in [5.41, 5.74) is -0.729. The Morgan fingerprint density at radius 1 is 1.00 bits per heavy atom. The van der Waals surface area contributed by atoms with Crippen molar-refractivity contribution in [1.29, 1.82) is 0 Å². The zero-order valence-electron chi connectivity index (χ0n) is 24.9. The van der Waals surface area contributed by atoms with Crippen molar-refractivity contribution in [3.05, 3.63) is 29.2 Å². The Balaban J connectivity index is 2.51. The highest BCUT2D eigenvalue weighted by Crippen LogP contribution is 2.36. The maximum Gasteiger partial charge on any atom is 0.425 e. The van der Waals surface area contributed by atoms with Crippen LogP contribution in [0, 0.1) is 13.8 Å². The van der Waals surface area contributed by atoms with Crippen LogP contribution >= 0.6 is 0 Å². The third kappa shape index (κ3) is 9.38. The fourth-order valence-electron chi connectivity index (χ4n) is 3.58. The lowest BCUT2D eigenvalue weighted by Crippen LogP contribution is -2.44. The van der Waals surface area contributed by atoms with Crippen LogP contribution in [0.1, 0.15) is 65.0 Å². The van der Waals surface area contributed by atoms with Crippen LogP contribution in [-0.4, -0.2) is 52.8 Å². The Kier molecular flexibility index (Phi) is 10.0. The maximum atomic E-state index is 14.4. The largest absolute Gasteiger partial charge is 0.443 e. The number of aryl methyl sites for hydroxylation is 1. The predicted molar refractivity (Wildman–Crippen MR) is 149 cm³/mol. The Morgan fingerprint density at radius 3 is 2.00 bits per heavy atom. The number of anilines is 1. The van der Waals surface area contributed by atoms with Crippen LogP contribution in [-0.2, 0) is 20.9 Å². The average Bonchev–Trinajstić information content (AvgIpc) is 3.01. The lowest BCUT2D eigenvalue weighted by molar-refractivity contribution is 0.0428. The molecule has 0 atom stereocenters. The smallest absolute Gasteiger partial charge is 0.425 e. The van der Waals surface area contributed by atoms with Crippen molar-refractivity contribution >= 4 is 26.1 Å². The molecule has 2 aromatic rings. The molecule has 2 amide bonds. The van der Waals surface area contributed by atoms with Crippen LogP contribution in [0.15, 0.2) is 12.1 Å². The number of hydrogen-bond donors (Lipinski definition) is 0. The van der Waals surface area contributed by atoms with E-state index in [0.717, 1.165) is 6.04 Å². The summed E-state index contributed by atoms with van der Waals surface area (Å²) < 4.78 is 46.9. The number of imide groups is 1. The highest BCUT2D eigenvalue weighted by Gasteiger charge is 2.35. The summed E-state index contributed by atoms with van der Waals surface area (Å²) in [6, 6.07) is 3.71. The molecule has 218 valence electrons.